The molecule has 0 radical (unpaired) electrons. The lowest BCUT2D eigenvalue weighted by Gasteiger charge is -2.35. The highest BCUT2D eigenvalue weighted by atomic mass is 35.5. The summed E-state index contributed by atoms with van der Waals surface area (Å²) in [5.74, 6) is -0.331. The summed E-state index contributed by atoms with van der Waals surface area (Å²) in [4.78, 5) is 12.1. The van der Waals surface area contributed by atoms with Crippen molar-refractivity contribution in [2.75, 3.05) is 13.2 Å². The van der Waals surface area contributed by atoms with Crippen LogP contribution in [0.3, 0.4) is 0 Å². The van der Waals surface area contributed by atoms with E-state index in [0.717, 1.165) is 12.8 Å². The third-order valence-electron chi connectivity index (χ3n) is 5.39. The summed E-state index contributed by atoms with van der Waals surface area (Å²) in [7, 11) is -3.96. The normalized spacial score (nSPS) is 19.4. The van der Waals surface area contributed by atoms with Gasteiger partial charge in [-0.3, -0.25) is 4.79 Å². The molecule has 1 fully saturated rings. The number of aliphatic hydroxyl groups excluding tert-OH is 1. The predicted molar refractivity (Wildman–Crippen MR) is 117 cm³/mol. The van der Waals surface area contributed by atoms with Crippen LogP contribution >= 0.6 is 11.6 Å². The Bertz CT molecular complexity index is 984. The smallest absolute Gasteiger partial charge is 0.251 e. The Morgan fingerprint density at radius 1 is 1.10 bits per heavy atom. The molecule has 3 rings (SSSR count). The molecular formula is C22H26ClFN2O4S. The largest absolute Gasteiger partial charge is 0.395 e. The van der Waals surface area contributed by atoms with E-state index in [1.165, 1.54) is 28.6 Å². The minimum atomic E-state index is -3.96. The number of nitrogens with zero attached hydrogens (tertiary/aromatic N) is 1. The molecule has 0 spiro atoms. The fourth-order valence-corrected chi connectivity index (χ4v) is 5.52. The molecule has 0 heterocycles. The highest BCUT2D eigenvalue weighted by molar-refractivity contribution is 7.89. The van der Waals surface area contributed by atoms with E-state index in [2.05, 4.69) is 5.32 Å². The lowest BCUT2D eigenvalue weighted by atomic mass is 9.93. The molecule has 9 heteroatoms. The maximum atomic E-state index is 14.8. The van der Waals surface area contributed by atoms with Crippen LogP contribution in [0.25, 0.3) is 0 Å². The van der Waals surface area contributed by atoms with Crippen LogP contribution in [-0.2, 0) is 16.6 Å². The van der Waals surface area contributed by atoms with E-state index in [-0.39, 0.29) is 30.5 Å². The second kappa shape index (κ2) is 10.5. The van der Waals surface area contributed by atoms with Gasteiger partial charge >= 0.3 is 0 Å². The average Bonchev–Trinajstić information content (AvgIpc) is 2.77. The Morgan fingerprint density at radius 2 is 1.74 bits per heavy atom. The number of sulfonamides is 1. The number of nitrogens with one attached hydrogen (secondary N) is 1. The number of aliphatic hydroxyl groups is 1. The van der Waals surface area contributed by atoms with Crippen LogP contribution in [0.2, 0.25) is 5.02 Å². The zero-order valence-corrected chi connectivity index (χ0v) is 18.6. The molecule has 1 aliphatic rings. The van der Waals surface area contributed by atoms with Gasteiger partial charge in [-0.25, -0.2) is 12.8 Å². The van der Waals surface area contributed by atoms with Gasteiger partial charge in [-0.1, -0.05) is 36.6 Å². The van der Waals surface area contributed by atoms with Gasteiger partial charge in [-0.05, 0) is 54.8 Å². The summed E-state index contributed by atoms with van der Waals surface area (Å²) in [5.41, 5.74) is 1.04. The van der Waals surface area contributed by atoms with Gasteiger partial charge in [0.25, 0.3) is 5.91 Å². The van der Waals surface area contributed by atoms with E-state index in [1.807, 2.05) is 0 Å². The minimum Gasteiger partial charge on any atom is -0.395 e. The number of rotatable bonds is 8. The first kappa shape index (κ1) is 23.7. The maximum Gasteiger partial charge on any atom is 0.251 e. The molecule has 2 unspecified atom stereocenters. The first-order chi connectivity index (χ1) is 14.8. The van der Waals surface area contributed by atoms with Crippen molar-refractivity contribution >= 4 is 27.5 Å². The third-order valence-corrected chi connectivity index (χ3v) is 7.53. The van der Waals surface area contributed by atoms with Gasteiger partial charge in [0.1, 0.15) is 6.17 Å². The van der Waals surface area contributed by atoms with Crippen LogP contribution in [-0.4, -0.2) is 49.1 Å². The van der Waals surface area contributed by atoms with Crippen molar-refractivity contribution < 1.29 is 22.7 Å². The highest BCUT2D eigenvalue weighted by Crippen LogP contribution is 2.31. The Labute approximate surface area is 187 Å². The summed E-state index contributed by atoms with van der Waals surface area (Å²) in [5, 5.41) is 11.8. The summed E-state index contributed by atoms with van der Waals surface area (Å²) in [6, 6.07) is 11.6. The molecule has 6 nitrogen and oxygen atoms in total. The van der Waals surface area contributed by atoms with Crippen molar-refractivity contribution in [1.29, 1.82) is 0 Å². The molecule has 1 amide bonds. The number of carbonyl (C=O) groups excluding carboxylic acids is 1. The first-order valence-corrected chi connectivity index (χ1v) is 12.0. The van der Waals surface area contributed by atoms with Crippen molar-refractivity contribution in [3.8, 4) is 0 Å². The van der Waals surface area contributed by atoms with E-state index in [9.17, 15) is 17.6 Å². The lowest BCUT2D eigenvalue weighted by molar-refractivity contribution is 0.0944. The molecule has 0 saturated heterocycles. The molecule has 1 aliphatic carbocycles. The first-order valence-electron chi connectivity index (χ1n) is 10.2. The van der Waals surface area contributed by atoms with Gasteiger partial charge < -0.3 is 10.4 Å². The summed E-state index contributed by atoms with van der Waals surface area (Å²) in [6.07, 6.45) is 1.06. The molecule has 2 aromatic rings. The number of alkyl halides is 1. The standard InChI is InChI=1S/C22H26ClFN2O4S/c23-18-9-11-19(12-10-18)31(29,30)26(21-4-2-1-3-20(21)24)15-16-5-7-17(8-6-16)22(28)25-13-14-27/h5-12,20-21,27H,1-4,13-15H2,(H,25,28). The summed E-state index contributed by atoms with van der Waals surface area (Å²) >= 11 is 5.90. The van der Waals surface area contributed by atoms with Crippen LogP contribution in [0.15, 0.2) is 53.4 Å². The molecule has 2 N–H and O–H groups in total. The number of halogens is 2. The summed E-state index contributed by atoms with van der Waals surface area (Å²) < 4.78 is 42.9. The van der Waals surface area contributed by atoms with E-state index < -0.39 is 22.2 Å². The molecule has 2 atom stereocenters. The van der Waals surface area contributed by atoms with E-state index >= 15 is 0 Å². The van der Waals surface area contributed by atoms with Crippen molar-refractivity contribution in [1.82, 2.24) is 9.62 Å². The highest BCUT2D eigenvalue weighted by Gasteiger charge is 2.38. The zero-order valence-electron chi connectivity index (χ0n) is 17.0. The van der Waals surface area contributed by atoms with Crippen LogP contribution < -0.4 is 5.32 Å². The van der Waals surface area contributed by atoms with Gasteiger partial charge in [0.15, 0.2) is 0 Å². The average molecular weight is 469 g/mol. The number of carbonyl (C=O) groups is 1. The van der Waals surface area contributed by atoms with E-state index in [0.29, 0.717) is 29.0 Å². The quantitative estimate of drug-likeness (QED) is 0.620. The van der Waals surface area contributed by atoms with Crippen molar-refractivity contribution in [2.45, 2.75) is 49.3 Å². The van der Waals surface area contributed by atoms with Gasteiger partial charge in [0, 0.05) is 23.7 Å². The Hall–Kier alpha value is -2.00. The topological polar surface area (TPSA) is 86.7 Å². The number of benzene rings is 2. The monoisotopic (exact) mass is 468 g/mol. The molecule has 0 aromatic heterocycles. The van der Waals surface area contributed by atoms with Gasteiger partial charge in [0.05, 0.1) is 17.5 Å². The number of amides is 1. The number of hydrogen-bond donors (Lipinski definition) is 2. The molecule has 0 bridgehead atoms. The van der Waals surface area contributed by atoms with Crippen molar-refractivity contribution in [2.24, 2.45) is 0 Å². The van der Waals surface area contributed by atoms with Gasteiger partial charge in [-0.15, -0.1) is 0 Å². The van der Waals surface area contributed by atoms with Gasteiger partial charge in [-0.2, -0.15) is 4.31 Å². The van der Waals surface area contributed by atoms with Crippen molar-refractivity contribution in [3.05, 3.63) is 64.7 Å². The molecule has 0 aliphatic heterocycles. The van der Waals surface area contributed by atoms with Crippen LogP contribution in [0.5, 0.6) is 0 Å². The van der Waals surface area contributed by atoms with Crippen LogP contribution in [0.4, 0.5) is 4.39 Å². The molecule has 1 saturated carbocycles. The lowest BCUT2D eigenvalue weighted by Crippen LogP contribution is -2.46. The zero-order chi connectivity index (χ0) is 22.4. The Kier molecular flexibility index (Phi) is 8.05. The molecule has 2 aromatic carbocycles. The van der Waals surface area contributed by atoms with Gasteiger partial charge in [0.2, 0.25) is 10.0 Å². The summed E-state index contributed by atoms with van der Waals surface area (Å²) in [6.45, 7) is -0.0189. The molecular weight excluding hydrogens is 443 g/mol. The number of hydrogen-bond acceptors (Lipinski definition) is 4. The van der Waals surface area contributed by atoms with Crippen LogP contribution in [0.1, 0.15) is 41.6 Å². The third kappa shape index (κ3) is 5.83. The van der Waals surface area contributed by atoms with E-state index in [4.69, 9.17) is 16.7 Å². The van der Waals surface area contributed by atoms with E-state index in [1.54, 1.807) is 24.3 Å². The molecule has 168 valence electrons. The van der Waals surface area contributed by atoms with Crippen LogP contribution in [0, 0.1) is 0 Å². The van der Waals surface area contributed by atoms with Crippen molar-refractivity contribution in [3.63, 3.8) is 0 Å². The molecule has 31 heavy (non-hydrogen) atoms. The SMILES string of the molecule is O=C(NCCO)c1ccc(CN(C2CCCCC2F)S(=O)(=O)c2ccc(Cl)cc2)cc1. The second-order valence-corrected chi connectivity index (χ2v) is 9.88. The predicted octanol–water partition coefficient (Wildman–Crippen LogP) is 3.53. The Morgan fingerprint density at radius 3 is 2.35 bits per heavy atom. The second-order valence-electron chi connectivity index (χ2n) is 7.55. The minimum absolute atomic E-state index is 0.00537. The fraction of sp³-hybridized carbons (Fsp3) is 0.409. The maximum absolute atomic E-state index is 14.8. The Balaban J connectivity index is 1.88. The fourth-order valence-electron chi connectivity index (χ4n) is 3.73.